The molecule has 4 aromatic carbocycles. The van der Waals surface area contributed by atoms with Crippen LogP contribution in [0, 0.1) is 5.82 Å². The second-order valence-electron chi connectivity index (χ2n) is 11.1. The Balaban J connectivity index is 1.37. The molecule has 0 bridgehead atoms. The molecule has 9 nitrogen and oxygen atoms in total. The van der Waals surface area contributed by atoms with Gasteiger partial charge in [0.25, 0.3) is 5.91 Å². The number of hydrogen-bond donors (Lipinski definition) is 1. The quantitative estimate of drug-likeness (QED) is 0.197. The first-order chi connectivity index (χ1) is 23.1. The minimum atomic E-state index is -3.71. The van der Waals surface area contributed by atoms with E-state index in [0.717, 1.165) is 5.56 Å². The van der Waals surface area contributed by atoms with Crippen molar-refractivity contribution >= 4 is 45.0 Å². The first kappa shape index (κ1) is 35.3. The Morgan fingerprint density at radius 1 is 0.917 bits per heavy atom. The number of amides is 2. The van der Waals surface area contributed by atoms with Crippen LogP contribution in [-0.4, -0.2) is 68.4 Å². The number of carbonyl (C=O) groups excluding carboxylic acids is 2. The lowest BCUT2D eigenvalue weighted by atomic mass is 10.0. The molecule has 0 saturated carbocycles. The van der Waals surface area contributed by atoms with E-state index in [9.17, 15) is 22.4 Å². The number of rotatable bonds is 13. The summed E-state index contributed by atoms with van der Waals surface area (Å²) in [5, 5.41) is 3.75. The fourth-order valence-electron chi connectivity index (χ4n) is 5.18. The summed E-state index contributed by atoms with van der Waals surface area (Å²) in [6.07, 6.45) is 0.183. The molecule has 5 rings (SSSR count). The number of nitrogens with zero attached hydrogens (tertiary/aromatic N) is 2. The first-order valence-corrected chi connectivity index (χ1v) is 17.4. The summed E-state index contributed by atoms with van der Waals surface area (Å²) >= 11 is 12.4. The van der Waals surface area contributed by atoms with Crippen molar-refractivity contribution in [1.82, 2.24) is 14.5 Å². The third-order valence-electron chi connectivity index (χ3n) is 7.80. The average Bonchev–Trinajstić information content (AvgIpc) is 3.10. The lowest BCUT2D eigenvalue weighted by Gasteiger charge is -2.31. The zero-order valence-electron chi connectivity index (χ0n) is 25.9. The summed E-state index contributed by atoms with van der Waals surface area (Å²) < 4.78 is 52.2. The van der Waals surface area contributed by atoms with Crippen LogP contribution in [-0.2, 0) is 43.9 Å². The largest absolute Gasteiger partial charge is 0.484 e. The number of ether oxygens (including phenoxy) is 2. The molecule has 1 aliphatic heterocycles. The Kier molecular flexibility index (Phi) is 12.1. The number of morpholine rings is 1. The number of sulfonamides is 1. The number of carbonyl (C=O) groups is 2. The van der Waals surface area contributed by atoms with Gasteiger partial charge in [-0.2, -0.15) is 4.31 Å². The Labute approximate surface area is 289 Å². The van der Waals surface area contributed by atoms with Crippen molar-refractivity contribution in [3.8, 4) is 5.75 Å². The van der Waals surface area contributed by atoms with Crippen molar-refractivity contribution in [2.75, 3.05) is 32.9 Å². The van der Waals surface area contributed by atoms with Crippen LogP contribution in [0.3, 0.4) is 0 Å². The predicted octanol–water partition coefficient (Wildman–Crippen LogP) is 5.49. The van der Waals surface area contributed by atoms with E-state index in [1.807, 2.05) is 30.3 Å². The molecule has 0 aliphatic carbocycles. The zero-order valence-corrected chi connectivity index (χ0v) is 28.2. The lowest BCUT2D eigenvalue weighted by Crippen LogP contribution is -2.51. The maximum atomic E-state index is 13.9. The summed E-state index contributed by atoms with van der Waals surface area (Å²) in [6.45, 7) is 0.830. The van der Waals surface area contributed by atoms with Gasteiger partial charge in [-0.1, -0.05) is 71.7 Å². The molecule has 13 heteroatoms. The molecule has 1 fully saturated rings. The molecule has 4 aromatic rings. The maximum absolute atomic E-state index is 13.9. The van der Waals surface area contributed by atoms with Crippen LogP contribution in [0.25, 0.3) is 0 Å². The molecule has 0 radical (unpaired) electrons. The highest BCUT2D eigenvalue weighted by molar-refractivity contribution is 7.89. The molecular formula is C35H34Cl2FN3O6S. The highest BCUT2D eigenvalue weighted by Crippen LogP contribution is 2.23. The van der Waals surface area contributed by atoms with E-state index in [-0.39, 0.29) is 43.2 Å². The van der Waals surface area contributed by atoms with Crippen LogP contribution in [0.4, 0.5) is 4.39 Å². The van der Waals surface area contributed by atoms with Crippen LogP contribution >= 0.6 is 23.2 Å². The molecule has 48 heavy (non-hydrogen) atoms. The molecule has 252 valence electrons. The lowest BCUT2D eigenvalue weighted by molar-refractivity contribution is -0.142. The molecule has 1 atom stereocenters. The van der Waals surface area contributed by atoms with Crippen molar-refractivity contribution in [2.24, 2.45) is 0 Å². The number of nitrogens with one attached hydrogen (secondary N) is 1. The fourth-order valence-corrected chi connectivity index (χ4v) is 7.06. The second kappa shape index (κ2) is 16.4. The van der Waals surface area contributed by atoms with E-state index < -0.39 is 40.3 Å². The summed E-state index contributed by atoms with van der Waals surface area (Å²) in [5.74, 6) is -1.10. The number of hydrogen-bond acceptors (Lipinski definition) is 6. The second-order valence-corrected chi connectivity index (χ2v) is 13.9. The van der Waals surface area contributed by atoms with Gasteiger partial charge in [-0.3, -0.25) is 9.59 Å². The monoisotopic (exact) mass is 713 g/mol. The summed E-state index contributed by atoms with van der Waals surface area (Å²) in [6, 6.07) is 24.7. The van der Waals surface area contributed by atoms with Crippen LogP contribution in [0.5, 0.6) is 5.75 Å². The van der Waals surface area contributed by atoms with Gasteiger partial charge in [0.05, 0.1) is 18.1 Å². The molecule has 1 heterocycles. The highest BCUT2D eigenvalue weighted by atomic mass is 35.5. The summed E-state index contributed by atoms with van der Waals surface area (Å²) in [7, 11) is -3.71. The molecular weight excluding hydrogens is 680 g/mol. The Morgan fingerprint density at radius 2 is 1.60 bits per heavy atom. The van der Waals surface area contributed by atoms with Crippen molar-refractivity contribution in [3.05, 3.63) is 130 Å². The molecule has 2 amide bonds. The van der Waals surface area contributed by atoms with Gasteiger partial charge in [-0.05, 0) is 65.2 Å². The minimum Gasteiger partial charge on any atom is -0.484 e. The zero-order chi connectivity index (χ0) is 34.1. The van der Waals surface area contributed by atoms with E-state index >= 15 is 0 Å². The first-order valence-electron chi connectivity index (χ1n) is 15.2. The van der Waals surface area contributed by atoms with Gasteiger partial charge in [0.15, 0.2) is 6.61 Å². The Morgan fingerprint density at radius 3 is 2.27 bits per heavy atom. The van der Waals surface area contributed by atoms with Gasteiger partial charge in [0, 0.05) is 42.6 Å². The van der Waals surface area contributed by atoms with E-state index in [1.165, 1.54) is 45.6 Å². The van der Waals surface area contributed by atoms with E-state index in [4.69, 9.17) is 32.7 Å². The maximum Gasteiger partial charge on any atom is 0.261 e. The molecule has 1 N–H and O–H groups in total. The van der Waals surface area contributed by atoms with Gasteiger partial charge in [0.1, 0.15) is 17.6 Å². The third kappa shape index (κ3) is 9.33. The molecule has 0 unspecified atom stereocenters. The minimum absolute atomic E-state index is 0.00811. The average molecular weight is 715 g/mol. The smallest absolute Gasteiger partial charge is 0.261 e. The van der Waals surface area contributed by atoms with Crippen LogP contribution in [0.2, 0.25) is 10.0 Å². The molecule has 1 aliphatic rings. The predicted molar refractivity (Wildman–Crippen MR) is 181 cm³/mol. The standard InChI is InChI=1S/C35H34Cl2FN3O6S/c36-28-9-8-27(32(37)21-28)22-39-35(43)33(20-25-4-2-1-3-5-25)41(23-26-6-10-29(38)11-7-26)34(42)24-47-30-12-14-31(15-13-30)48(44,45)40-16-18-46-19-17-40/h1-15,21,33H,16-20,22-24H2,(H,39,43)/t33-/m0/s1. The fraction of sp³-hybridized carbons (Fsp3) is 0.257. The van der Waals surface area contributed by atoms with Gasteiger partial charge >= 0.3 is 0 Å². The van der Waals surface area contributed by atoms with Crippen LogP contribution in [0.1, 0.15) is 16.7 Å². The van der Waals surface area contributed by atoms with Crippen molar-refractivity contribution in [2.45, 2.75) is 30.4 Å². The van der Waals surface area contributed by atoms with E-state index in [1.54, 1.807) is 30.3 Å². The topological polar surface area (TPSA) is 105 Å². The van der Waals surface area contributed by atoms with Gasteiger partial charge in [-0.25, -0.2) is 12.8 Å². The van der Waals surface area contributed by atoms with Gasteiger partial charge in [0.2, 0.25) is 15.9 Å². The summed E-state index contributed by atoms with van der Waals surface area (Å²) in [5.41, 5.74) is 2.07. The van der Waals surface area contributed by atoms with E-state index in [2.05, 4.69) is 5.32 Å². The molecule has 0 aromatic heterocycles. The van der Waals surface area contributed by atoms with Crippen LogP contribution in [0.15, 0.2) is 102 Å². The van der Waals surface area contributed by atoms with E-state index in [0.29, 0.717) is 34.4 Å². The van der Waals surface area contributed by atoms with Gasteiger partial charge < -0.3 is 19.7 Å². The molecule has 0 spiro atoms. The summed E-state index contributed by atoms with van der Waals surface area (Å²) in [4.78, 5) is 29.3. The normalized spacial score (nSPS) is 14.2. The van der Waals surface area contributed by atoms with Crippen molar-refractivity contribution in [3.63, 3.8) is 0 Å². The Bertz CT molecular complexity index is 1810. The highest BCUT2D eigenvalue weighted by Gasteiger charge is 2.31. The molecule has 1 saturated heterocycles. The number of halogens is 3. The van der Waals surface area contributed by atoms with Crippen LogP contribution < -0.4 is 10.1 Å². The SMILES string of the molecule is O=C(NCc1ccc(Cl)cc1Cl)[C@H](Cc1ccccc1)N(Cc1ccc(F)cc1)C(=O)COc1ccc(S(=O)(=O)N2CCOCC2)cc1. The van der Waals surface area contributed by atoms with Crippen molar-refractivity contribution in [1.29, 1.82) is 0 Å². The number of benzene rings is 4. The third-order valence-corrected chi connectivity index (χ3v) is 10.3. The van der Waals surface area contributed by atoms with Gasteiger partial charge in [-0.15, -0.1) is 0 Å². The Hall–Kier alpha value is -4.00. The van der Waals surface area contributed by atoms with Crippen molar-refractivity contribution < 1.29 is 31.9 Å².